The molecule has 1 aromatic carbocycles. The summed E-state index contributed by atoms with van der Waals surface area (Å²) in [7, 11) is 0. The smallest absolute Gasteiger partial charge is 0.626 e. The van der Waals surface area contributed by atoms with Crippen LogP contribution in [0.3, 0.4) is 0 Å². The van der Waals surface area contributed by atoms with Crippen molar-refractivity contribution in [1.29, 1.82) is 0 Å². The second-order valence-corrected chi connectivity index (χ2v) is 5.54. The molecule has 73 valence electrons. The summed E-state index contributed by atoms with van der Waals surface area (Å²) < 4.78 is 10.7. The zero-order valence-corrected chi connectivity index (χ0v) is 11.9. The molecule has 0 spiro atoms. The Balaban J connectivity index is 2.48. The molecule has 0 fully saturated rings. The van der Waals surface area contributed by atoms with Crippen LogP contribution in [0.4, 0.5) is 0 Å². The highest BCUT2D eigenvalue weighted by Gasteiger charge is 2.04. The Morgan fingerprint density at radius 3 is 2.93 bits per heavy atom. The molecular formula is C10H10Al2NO2. The van der Waals surface area contributed by atoms with E-state index in [4.69, 9.17) is 6.63 Å². The Labute approximate surface area is 104 Å². The topological polar surface area (TPSA) is 31.4 Å². The summed E-state index contributed by atoms with van der Waals surface area (Å²) in [6.07, 6.45) is 0. The highest BCUT2D eigenvalue weighted by Crippen LogP contribution is 2.23. The van der Waals surface area contributed by atoms with E-state index in [1.54, 1.807) is 0 Å². The van der Waals surface area contributed by atoms with Crippen LogP contribution in [0, 0.1) is 6.92 Å². The minimum absolute atomic E-state index is 0.391. The summed E-state index contributed by atoms with van der Waals surface area (Å²) in [5.74, 6) is 0.821. The SMILES string of the molecule is Cc1ccc2cccc([O][Al][O][AlH2])c2n1. The van der Waals surface area contributed by atoms with Gasteiger partial charge in [-0.05, 0) is 19.1 Å². The monoisotopic (exact) mass is 230 g/mol. The second kappa shape index (κ2) is 4.99. The maximum atomic E-state index is 5.56. The van der Waals surface area contributed by atoms with Crippen molar-refractivity contribution in [3.63, 3.8) is 0 Å². The molecule has 0 aliphatic carbocycles. The van der Waals surface area contributed by atoms with Gasteiger partial charge in [0, 0.05) is 11.1 Å². The first-order valence-electron chi connectivity index (χ1n) is 4.69. The molecule has 0 aliphatic rings. The summed E-state index contributed by atoms with van der Waals surface area (Å²) in [5, 5.41) is 1.10. The van der Waals surface area contributed by atoms with Gasteiger partial charge in [0.15, 0.2) is 0 Å². The number of benzene rings is 1. The zero-order valence-electron chi connectivity index (χ0n) is 8.73. The highest BCUT2D eigenvalue weighted by molar-refractivity contribution is 6.28. The van der Waals surface area contributed by atoms with Crippen LogP contribution in [0.25, 0.3) is 10.9 Å². The fourth-order valence-electron chi connectivity index (χ4n) is 1.41. The number of nitrogens with zero attached hydrogens (tertiary/aromatic N) is 1. The number of hydrogen-bond acceptors (Lipinski definition) is 3. The largest absolute Gasteiger partial charge is 0.741 e. The number of aromatic nitrogens is 1. The van der Waals surface area contributed by atoms with Gasteiger partial charge in [-0.2, -0.15) is 0 Å². The first-order valence-corrected chi connectivity index (χ1v) is 6.44. The van der Waals surface area contributed by atoms with E-state index in [1.807, 2.05) is 31.2 Å². The van der Waals surface area contributed by atoms with Crippen LogP contribution in [0.2, 0.25) is 0 Å². The third-order valence-electron chi connectivity index (χ3n) is 2.09. The van der Waals surface area contributed by atoms with Gasteiger partial charge < -0.3 is 6.63 Å². The van der Waals surface area contributed by atoms with Gasteiger partial charge in [0.2, 0.25) is 0 Å². The molecule has 15 heavy (non-hydrogen) atoms. The van der Waals surface area contributed by atoms with Crippen LogP contribution in [-0.4, -0.2) is 37.5 Å². The minimum atomic E-state index is -0.391. The average molecular weight is 230 g/mol. The van der Waals surface area contributed by atoms with E-state index in [0.29, 0.717) is 0 Å². The number of hydrogen-bond donors (Lipinski definition) is 0. The van der Waals surface area contributed by atoms with Crippen LogP contribution in [0.1, 0.15) is 5.69 Å². The van der Waals surface area contributed by atoms with Gasteiger partial charge in [-0.25, -0.2) is 4.98 Å². The molecule has 0 aliphatic heterocycles. The lowest BCUT2D eigenvalue weighted by Crippen LogP contribution is -2.05. The molecule has 0 atom stereocenters. The third-order valence-corrected chi connectivity index (χ3v) is 3.21. The molecule has 2 aromatic rings. The highest BCUT2D eigenvalue weighted by atomic mass is 27.2. The third kappa shape index (κ3) is 2.52. The molecule has 3 nitrogen and oxygen atoms in total. The Hall–Kier alpha value is -0.545. The van der Waals surface area contributed by atoms with Gasteiger partial charge in [0.1, 0.15) is 11.3 Å². The van der Waals surface area contributed by atoms with Crippen LogP contribution in [0.5, 0.6) is 5.75 Å². The van der Waals surface area contributed by atoms with E-state index in [9.17, 15) is 0 Å². The zero-order chi connectivity index (χ0) is 10.7. The Bertz CT molecular complexity index is 476. The molecule has 0 bridgehead atoms. The Morgan fingerprint density at radius 2 is 2.13 bits per heavy atom. The summed E-state index contributed by atoms with van der Waals surface area (Å²) >= 11 is 0.330. The van der Waals surface area contributed by atoms with Gasteiger partial charge in [0.05, 0.1) is 0 Å². The van der Waals surface area contributed by atoms with Crippen LogP contribution in [-0.2, 0) is 2.84 Å². The van der Waals surface area contributed by atoms with E-state index in [-0.39, 0.29) is 0 Å². The molecule has 0 saturated heterocycles. The van der Waals surface area contributed by atoms with E-state index < -0.39 is 15.9 Å². The van der Waals surface area contributed by atoms with Gasteiger partial charge in [-0.1, -0.05) is 18.2 Å². The van der Waals surface area contributed by atoms with Gasteiger partial charge in [0.25, 0.3) is 0 Å². The first-order chi connectivity index (χ1) is 7.31. The Kier molecular flexibility index (Phi) is 3.64. The number of para-hydroxylation sites is 1. The van der Waals surface area contributed by atoms with E-state index in [0.717, 1.165) is 39.0 Å². The van der Waals surface area contributed by atoms with Crippen molar-refractivity contribution in [3.8, 4) is 5.75 Å². The molecule has 0 amide bonds. The van der Waals surface area contributed by atoms with Crippen molar-refractivity contribution in [2.24, 2.45) is 0 Å². The fourth-order valence-corrected chi connectivity index (χ4v) is 2.09. The van der Waals surface area contributed by atoms with Crippen LogP contribution < -0.4 is 3.79 Å². The summed E-state index contributed by atoms with van der Waals surface area (Å²) in [5.41, 5.74) is 1.92. The van der Waals surface area contributed by atoms with Crippen LogP contribution in [0.15, 0.2) is 30.3 Å². The lowest BCUT2D eigenvalue weighted by atomic mass is 10.2. The molecule has 2 rings (SSSR count). The number of pyridine rings is 1. The first kappa shape index (κ1) is 11.0. The van der Waals surface area contributed by atoms with E-state index in [1.165, 1.54) is 0 Å². The summed E-state index contributed by atoms with van der Waals surface area (Å²) in [6, 6.07) is 10.00. The predicted molar refractivity (Wildman–Crippen MR) is 62.5 cm³/mol. The second-order valence-electron chi connectivity index (χ2n) is 3.23. The van der Waals surface area contributed by atoms with Crippen LogP contribution >= 0.6 is 0 Å². The van der Waals surface area contributed by atoms with Crippen molar-refractivity contribution >= 4 is 43.4 Å². The normalized spacial score (nSPS) is 10.2. The lowest BCUT2D eigenvalue weighted by Gasteiger charge is -2.08. The maximum absolute atomic E-state index is 5.56. The van der Waals surface area contributed by atoms with E-state index in [2.05, 4.69) is 11.1 Å². The quantitative estimate of drug-likeness (QED) is 0.738. The van der Waals surface area contributed by atoms with E-state index >= 15 is 0 Å². The van der Waals surface area contributed by atoms with Crippen molar-refractivity contribution in [2.45, 2.75) is 6.92 Å². The number of fused-ring (bicyclic) bond motifs is 1. The molecule has 1 heterocycles. The number of aryl methyl sites for hydroxylation is 1. The lowest BCUT2D eigenvalue weighted by molar-refractivity contribution is 0.485. The fraction of sp³-hybridized carbons (Fsp3) is 0.100. The van der Waals surface area contributed by atoms with Crippen molar-refractivity contribution in [3.05, 3.63) is 36.0 Å². The Morgan fingerprint density at radius 1 is 1.27 bits per heavy atom. The van der Waals surface area contributed by atoms with Crippen molar-refractivity contribution in [1.82, 2.24) is 4.98 Å². The minimum Gasteiger partial charge on any atom is -0.626 e. The molecule has 0 unspecified atom stereocenters. The molecule has 1 aromatic heterocycles. The molecule has 0 N–H and O–H groups in total. The predicted octanol–water partition coefficient (Wildman–Crippen LogP) is 1.02. The van der Waals surface area contributed by atoms with Crippen molar-refractivity contribution < 1.29 is 6.63 Å². The van der Waals surface area contributed by atoms with Gasteiger partial charge >= 0.3 is 32.5 Å². The van der Waals surface area contributed by atoms with Gasteiger partial charge in [-0.15, -0.1) is 0 Å². The standard InChI is InChI=1S/C10H9NO.2Al.O.2H/c1-7-5-6-8-3-2-4-9(12)10(8)11-7;;;;;/h2-6,12H,1H3;;;;;/q;;+1;;;/p-1. The molecule has 1 radical (unpaired) electrons. The van der Waals surface area contributed by atoms with Crippen molar-refractivity contribution in [2.75, 3.05) is 0 Å². The maximum Gasteiger partial charge on any atom is 0.741 e. The summed E-state index contributed by atoms with van der Waals surface area (Å²) in [4.78, 5) is 4.47. The molecule has 5 heteroatoms. The average Bonchev–Trinajstić information content (AvgIpc) is 2.26. The molecular weight excluding hydrogens is 220 g/mol. The van der Waals surface area contributed by atoms with Gasteiger partial charge in [-0.3, -0.25) is 0 Å². The summed E-state index contributed by atoms with van der Waals surface area (Å²) in [6.45, 7) is 1.98. The number of rotatable bonds is 3. The molecule has 0 saturated carbocycles.